The van der Waals surface area contributed by atoms with Gasteiger partial charge in [0.25, 0.3) is 0 Å². The number of carbonyl (C=O) groups is 1. The van der Waals surface area contributed by atoms with Crippen LogP contribution < -0.4 is 0 Å². The van der Waals surface area contributed by atoms with E-state index in [0.29, 0.717) is 0 Å². The van der Waals surface area contributed by atoms with E-state index in [0.717, 1.165) is 25.7 Å². The van der Waals surface area contributed by atoms with Crippen LogP contribution in [0.2, 0.25) is 0 Å². The Balaban J connectivity index is 0. The van der Waals surface area contributed by atoms with Crippen LogP contribution >= 0.6 is 0 Å². The van der Waals surface area contributed by atoms with Gasteiger partial charge in [0.15, 0.2) is 0 Å². The summed E-state index contributed by atoms with van der Waals surface area (Å²) in [5, 5.41) is 0. The number of hydrogen-bond donors (Lipinski definition) is 0. The van der Waals surface area contributed by atoms with Crippen molar-refractivity contribution in [1.29, 1.82) is 0 Å². The molecule has 0 amide bonds. The molecule has 0 fully saturated rings. The summed E-state index contributed by atoms with van der Waals surface area (Å²) < 4.78 is 0. The van der Waals surface area contributed by atoms with Crippen LogP contribution in [0.4, 0.5) is 0 Å². The molecular weight excluding hydrogens is 165 g/mol. The Morgan fingerprint density at radius 1 is 1.18 bits per heavy atom. The molecule has 0 atom stereocenters. The van der Waals surface area contributed by atoms with Crippen molar-refractivity contribution in [2.45, 2.75) is 25.7 Å². The molecule has 62 valence electrons. The fourth-order valence-corrected chi connectivity index (χ4v) is 0.832. The van der Waals surface area contributed by atoms with E-state index >= 15 is 0 Å². The maximum absolute atomic E-state index is 9.89. The molecule has 0 heterocycles. The molecule has 0 spiro atoms. The predicted octanol–water partition coefficient (Wildman–Crippen LogP) is 0.659. The van der Waals surface area contributed by atoms with Crippen molar-refractivity contribution in [2.75, 3.05) is 20.6 Å². The molecule has 11 heavy (non-hydrogen) atoms. The Labute approximate surface area is 112 Å². The van der Waals surface area contributed by atoms with E-state index in [1.807, 2.05) is 0 Å². The molecule has 0 aliphatic carbocycles. The SMILES string of the molecule is CN(C)CCCCCC=O.[KH]. The van der Waals surface area contributed by atoms with Gasteiger partial charge in [0.05, 0.1) is 0 Å². The first-order valence-electron chi connectivity index (χ1n) is 3.85. The molecule has 0 aromatic heterocycles. The molecule has 3 heteroatoms. The molecule has 2 nitrogen and oxygen atoms in total. The monoisotopic (exact) mass is 183 g/mol. The Kier molecular flexibility index (Phi) is 15.1. The molecule has 0 aromatic rings. The molecule has 0 aliphatic rings. The van der Waals surface area contributed by atoms with Crippen molar-refractivity contribution in [3.63, 3.8) is 0 Å². The van der Waals surface area contributed by atoms with Gasteiger partial charge in [-0.2, -0.15) is 0 Å². The van der Waals surface area contributed by atoms with Gasteiger partial charge in [0.2, 0.25) is 0 Å². The summed E-state index contributed by atoms with van der Waals surface area (Å²) in [5.74, 6) is 0. The van der Waals surface area contributed by atoms with Crippen molar-refractivity contribution in [2.24, 2.45) is 0 Å². The Hall–Kier alpha value is 1.27. The van der Waals surface area contributed by atoms with Gasteiger partial charge >= 0.3 is 51.4 Å². The standard InChI is InChI=1S/C8H17NO.K.H/c1-9(2)7-5-3-4-6-8-10;;/h8H,3-7H2,1-2H3;;. The molecule has 0 N–H and O–H groups in total. The van der Waals surface area contributed by atoms with Gasteiger partial charge in [0.1, 0.15) is 6.29 Å². The van der Waals surface area contributed by atoms with E-state index in [9.17, 15) is 4.79 Å². The van der Waals surface area contributed by atoms with Crippen molar-refractivity contribution in [3.8, 4) is 0 Å². The zero-order valence-electron chi connectivity index (χ0n) is 6.97. The number of aldehydes is 1. The third-order valence-corrected chi connectivity index (χ3v) is 1.43. The van der Waals surface area contributed by atoms with E-state index in [1.165, 1.54) is 12.8 Å². The number of nitrogens with zero attached hydrogens (tertiary/aromatic N) is 1. The zero-order chi connectivity index (χ0) is 7.82. The summed E-state index contributed by atoms with van der Waals surface area (Å²) in [7, 11) is 4.14. The fraction of sp³-hybridized carbons (Fsp3) is 0.875. The Morgan fingerprint density at radius 2 is 1.82 bits per heavy atom. The molecular formula is C8H18KNO. The van der Waals surface area contributed by atoms with Crippen molar-refractivity contribution >= 4 is 57.7 Å². The van der Waals surface area contributed by atoms with Crippen LogP contribution in [0.1, 0.15) is 25.7 Å². The van der Waals surface area contributed by atoms with Crippen molar-refractivity contribution < 1.29 is 4.79 Å². The van der Waals surface area contributed by atoms with Crippen molar-refractivity contribution in [1.82, 2.24) is 4.90 Å². The normalized spacial score (nSPS) is 9.36. The van der Waals surface area contributed by atoms with E-state index in [1.54, 1.807) is 0 Å². The van der Waals surface area contributed by atoms with Crippen LogP contribution in [0.15, 0.2) is 0 Å². The summed E-state index contributed by atoms with van der Waals surface area (Å²) in [6, 6.07) is 0. The molecule has 0 saturated carbocycles. The molecule has 0 radical (unpaired) electrons. The van der Waals surface area contributed by atoms with Crippen LogP contribution in [0.3, 0.4) is 0 Å². The number of hydrogen-bond acceptors (Lipinski definition) is 2. The second-order valence-corrected chi connectivity index (χ2v) is 2.82. The van der Waals surface area contributed by atoms with Crippen molar-refractivity contribution in [3.05, 3.63) is 0 Å². The molecule has 0 rings (SSSR count). The maximum atomic E-state index is 9.89. The fourth-order valence-electron chi connectivity index (χ4n) is 0.832. The summed E-state index contributed by atoms with van der Waals surface area (Å²) in [6.07, 6.45) is 5.16. The van der Waals surface area contributed by atoms with E-state index in [4.69, 9.17) is 0 Å². The van der Waals surface area contributed by atoms with Crippen LogP contribution in [-0.4, -0.2) is 83.2 Å². The number of carbonyl (C=O) groups excluding carboxylic acids is 1. The molecule has 0 saturated heterocycles. The Morgan fingerprint density at radius 3 is 2.27 bits per heavy atom. The summed E-state index contributed by atoms with van der Waals surface area (Å²) in [6.45, 7) is 1.14. The number of unbranched alkanes of at least 4 members (excludes halogenated alkanes) is 3. The summed E-state index contributed by atoms with van der Waals surface area (Å²) >= 11 is 0. The summed E-state index contributed by atoms with van der Waals surface area (Å²) in [4.78, 5) is 12.1. The first kappa shape index (κ1) is 14.8. The molecule has 0 unspecified atom stereocenters. The van der Waals surface area contributed by atoms with Crippen LogP contribution in [0.25, 0.3) is 0 Å². The third-order valence-electron chi connectivity index (χ3n) is 1.43. The quantitative estimate of drug-likeness (QED) is 0.342. The van der Waals surface area contributed by atoms with E-state index in [-0.39, 0.29) is 51.4 Å². The molecule has 0 aliphatic heterocycles. The topological polar surface area (TPSA) is 20.3 Å². The second kappa shape index (κ2) is 11.3. The zero-order valence-corrected chi connectivity index (χ0v) is 6.97. The summed E-state index contributed by atoms with van der Waals surface area (Å²) in [5.41, 5.74) is 0. The first-order chi connectivity index (χ1) is 4.77. The third kappa shape index (κ3) is 14.2. The number of rotatable bonds is 6. The first-order valence-corrected chi connectivity index (χ1v) is 3.85. The van der Waals surface area contributed by atoms with Crippen LogP contribution in [0, 0.1) is 0 Å². The van der Waals surface area contributed by atoms with Gasteiger partial charge in [-0.05, 0) is 33.5 Å². The van der Waals surface area contributed by atoms with Gasteiger partial charge in [-0.1, -0.05) is 6.42 Å². The minimum atomic E-state index is 0. The van der Waals surface area contributed by atoms with Gasteiger partial charge in [-0.15, -0.1) is 0 Å². The van der Waals surface area contributed by atoms with Crippen LogP contribution in [-0.2, 0) is 4.79 Å². The average molecular weight is 183 g/mol. The van der Waals surface area contributed by atoms with Gasteiger partial charge in [-0.25, -0.2) is 0 Å². The second-order valence-electron chi connectivity index (χ2n) is 2.82. The average Bonchev–Trinajstić information content (AvgIpc) is 1.87. The predicted molar refractivity (Wildman–Crippen MR) is 50.2 cm³/mol. The van der Waals surface area contributed by atoms with Crippen LogP contribution in [0.5, 0.6) is 0 Å². The molecule has 0 bridgehead atoms. The van der Waals surface area contributed by atoms with E-state index in [2.05, 4.69) is 19.0 Å². The van der Waals surface area contributed by atoms with E-state index < -0.39 is 0 Å². The van der Waals surface area contributed by atoms with Gasteiger partial charge in [0, 0.05) is 6.42 Å². The van der Waals surface area contributed by atoms with Gasteiger partial charge < -0.3 is 9.69 Å². The van der Waals surface area contributed by atoms with Gasteiger partial charge in [-0.3, -0.25) is 0 Å². The minimum absolute atomic E-state index is 0. The Bertz CT molecular complexity index is 86.2. The molecule has 0 aromatic carbocycles.